The summed E-state index contributed by atoms with van der Waals surface area (Å²) in [5, 5.41) is 4.22. The summed E-state index contributed by atoms with van der Waals surface area (Å²) in [6, 6.07) is 6.86. The number of hydrazone groups is 1. The molecule has 2 rings (SSSR count). The number of benzene rings is 1. The van der Waals surface area contributed by atoms with Gasteiger partial charge in [0.15, 0.2) is 0 Å². The van der Waals surface area contributed by atoms with Crippen LogP contribution in [0.1, 0.15) is 18.2 Å². The fourth-order valence-electron chi connectivity index (χ4n) is 1.93. The standard InChI is InChI=1S/C15H18N4O3/c1-9-7-14(20)17-15(16-9)19-18-10(2)12-6-5-11(21-3)8-13(12)22-4/h5-8H,1-4H3,(H2,16,17,19,20)/b18-10-. The van der Waals surface area contributed by atoms with Crippen molar-refractivity contribution in [2.45, 2.75) is 13.8 Å². The fraction of sp³-hybridized carbons (Fsp3) is 0.267. The fourth-order valence-corrected chi connectivity index (χ4v) is 1.93. The van der Waals surface area contributed by atoms with Gasteiger partial charge in [0, 0.05) is 23.4 Å². The maximum atomic E-state index is 11.4. The Kier molecular flexibility index (Phi) is 4.77. The second-order valence-corrected chi connectivity index (χ2v) is 4.61. The van der Waals surface area contributed by atoms with E-state index in [1.54, 1.807) is 27.2 Å². The maximum Gasteiger partial charge on any atom is 0.252 e. The van der Waals surface area contributed by atoms with E-state index < -0.39 is 0 Å². The first-order valence-corrected chi connectivity index (χ1v) is 6.64. The molecule has 0 saturated carbocycles. The second-order valence-electron chi connectivity index (χ2n) is 4.61. The summed E-state index contributed by atoms with van der Waals surface area (Å²) in [6.07, 6.45) is 0. The van der Waals surface area contributed by atoms with Gasteiger partial charge in [0.05, 0.1) is 19.9 Å². The number of aryl methyl sites for hydroxylation is 1. The first-order valence-electron chi connectivity index (χ1n) is 6.64. The van der Waals surface area contributed by atoms with Crippen LogP contribution in [-0.4, -0.2) is 29.9 Å². The van der Waals surface area contributed by atoms with E-state index in [1.165, 1.54) is 6.07 Å². The van der Waals surface area contributed by atoms with Gasteiger partial charge in [-0.1, -0.05) is 0 Å². The van der Waals surface area contributed by atoms with Crippen molar-refractivity contribution in [2.24, 2.45) is 5.10 Å². The van der Waals surface area contributed by atoms with Gasteiger partial charge in [-0.3, -0.25) is 9.78 Å². The largest absolute Gasteiger partial charge is 0.497 e. The molecular weight excluding hydrogens is 284 g/mol. The van der Waals surface area contributed by atoms with Crippen molar-refractivity contribution < 1.29 is 9.47 Å². The van der Waals surface area contributed by atoms with Crippen molar-refractivity contribution in [3.05, 3.63) is 45.9 Å². The molecule has 0 radical (unpaired) electrons. The van der Waals surface area contributed by atoms with Crippen molar-refractivity contribution in [1.29, 1.82) is 0 Å². The van der Waals surface area contributed by atoms with E-state index in [9.17, 15) is 4.79 Å². The molecule has 7 nitrogen and oxygen atoms in total. The smallest absolute Gasteiger partial charge is 0.252 e. The van der Waals surface area contributed by atoms with Crippen LogP contribution in [0, 0.1) is 6.92 Å². The van der Waals surface area contributed by atoms with Gasteiger partial charge in [-0.05, 0) is 26.0 Å². The second kappa shape index (κ2) is 6.75. The minimum absolute atomic E-state index is 0.232. The Labute approximate surface area is 128 Å². The Morgan fingerprint density at radius 3 is 2.68 bits per heavy atom. The van der Waals surface area contributed by atoms with Gasteiger partial charge in [-0.15, -0.1) is 0 Å². The van der Waals surface area contributed by atoms with Crippen LogP contribution in [0.25, 0.3) is 0 Å². The lowest BCUT2D eigenvalue weighted by molar-refractivity contribution is 0.394. The first-order chi connectivity index (χ1) is 10.5. The predicted octanol–water partition coefficient (Wildman–Crippen LogP) is 1.93. The summed E-state index contributed by atoms with van der Waals surface area (Å²) in [4.78, 5) is 18.1. The molecule has 0 spiro atoms. The molecule has 0 aliphatic heterocycles. The van der Waals surface area contributed by atoms with Crippen LogP contribution in [0.2, 0.25) is 0 Å². The average molecular weight is 302 g/mol. The minimum atomic E-state index is -0.232. The van der Waals surface area contributed by atoms with E-state index >= 15 is 0 Å². The molecule has 1 aromatic heterocycles. The third kappa shape index (κ3) is 3.63. The van der Waals surface area contributed by atoms with Gasteiger partial charge < -0.3 is 9.47 Å². The summed E-state index contributed by atoms with van der Waals surface area (Å²) in [5.74, 6) is 1.64. The quantitative estimate of drug-likeness (QED) is 0.651. The van der Waals surface area contributed by atoms with E-state index in [0.29, 0.717) is 22.9 Å². The molecule has 0 bridgehead atoms. The Bertz CT molecular complexity index is 753. The zero-order valence-corrected chi connectivity index (χ0v) is 12.9. The van der Waals surface area contributed by atoms with Crippen LogP contribution in [0.3, 0.4) is 0 Å². The number of aromatic nitrogens is 2. The molecule has 0 aliphatic carbocycles. The van der Waals surface area contributed by atoms with Crippen LogP contribution >= 0.6 is 0 Å². The number of methoxy groups -OCH3 is 2. The van der Waals surface area contributed by atoms with Crippen LogP contribution in [0.15, 0.2) is 34.2 Å². The lowest BCUT2D eigenvalue weighted by Gasteiger charge is -2.10. The van der Waals surface area contributed by atoms with Crippen LogP contribution < -0.4 is 20.5 Å². The SMILES string of the molecule is COc1ccc(/C(C)=N\Nc2nc(C)cc(=O)[nH]2)c(OC)c1. The van der Waals surface area contributed by atoms with Gasteiger partial charge in [0.25, 0.3) is 5.56 Å². The zero-order chi connectivity index (χ0) is 16.1. The third-order valence-corrected chi connectivity index (χ3v) is 3.00. The first kappa shape index (κ1) is 15.6. The summed E-state index contributed by atoms with van der Waals surface area (Å²) >= 11 is 0. The van der Waals surface area contributed by atoms with Crippen molar-refractivity contribution in [1.82, 2.24) is 9.97 Å². The number of aromatic amines is 1. The van der Waals surface area contributed by atoms with Crippen LogP contribution in [-0.2, 0) is 0 Å². The Morgan fingerprint density at radius 1 is 1.27 bits per heavy atom. The van der Waals surface area contributed by atoms with E-state index in [-0.39, 0.29) is 11.5 Å². The molecule has 22 heavy (non-hydrogen) atoms. The minimum Gasteiger partial charge on any atom is -0.497 e. The molecule has 1 aromatic carbocycles. The predicted molar refractivity (Wildman–Crippen MR) is 85.0 cm³/mol. The number of H-pyrrole nitrogens is 1. The van der Waals surface area contributed by atoms with Gasteiger partial charge in [-0.25, -0.2) is 10.4 Å². The molecule has 1 heterocycles. The Hall–Kier alpha value is -2.83. The number of ether oxygens (including phenoxy) is 2. The topological polar surface area (TPSA) is 88.6 Å². The lowest BCUT2D eigenvalue weighted by atomic mass is 10.1. The van der Waals surface area contributed by atoms with Crippen molar-refractivity contribution in [3.63, 3.8) is 0 Å². The number of anilines is 1. The summed E-state index contributed by atoms with van der Waals surface area (Å²) in [7, 11) is 3.18. The molecule has 0 unspecified atom stereocenters. The Morgan fingerprint density at radius 2 is 2.05 bits per heavy atom. The molecule has 2 aromatic rings. The van der Waals surface area contributed by atoms with Crippen LogP contribution in [0.5, 0.6) is 11.5 Å². The molecule has 0 saturated heterocycles. The van der Waals surface area contributed by atoms with E-state index in [0.717, 1.165) is 5.56 Å². The molecular formula is C15H18N4O3. The molecule has 116 valence electrons. The van der Waals surface area contributed by atoms with E-state index in [1.807, 2.05) is 19.1 Å². The van der Waals surface area contributed by atoms with Gasteiger partial charge >= 0.3 is 0 Å². The van der Waals surface area contributed by atoms with Gasteiger partial charge in [-0.2, -0.15) is 5.10 Å². The number of nitrogens with zero attached hydrogens (tertiary/aromatic N) is 2. The van der Waals surface area contributed by atoms with Crippen LogP contribution in [0.4, 0.5) is 5.95 Å². The highest BCUT2D eigenvalue weighted by molar-refractivity contribution is 6.01. The number of hydrogen-bond acceptors (Lipinski definition) is 6. The van der Waals surface area contributed by atoms with Gasteiger partial charge in [0.2, 0.25) is 5.95 Å². The van der Waals surface area contributed by atoms with Crippen molar-refractivity contribution in [2.75, 3.05) is 19.6 Å². The molecule has 2 N–H and O–H groups in total. The Balaban J connectivity index is 2.27. The molecule has 0 amide bonds. The van der Waals surface area contributed by atoms with E-state index in [2.05, 4.69) is 20.5 Å². The normalized spacial score (nSPS) is 11.2. The molecule has 0 atom stereocenters. The van der Waals surface area contributed by atoms with Crippen molar-refractivity contribution >= 4 is 11.7 Å². The van der Waals surface area contributed by atoms with Crippen molar-refractivity contribution in [3.8, 4) is 11.5 Å². The molecule has 0 fully saturated rings. The maximum absolute atomic E-state index is 11.4. The monoisotopic (exact) mass is 302 g/mol. The highest BCUT2D eigenvalue weighted by atomic mass is 16.5. The van der Waals surface area contributed by atoms with Gasteiger partial charge in [0.1, 0.15) is 11.5 Å². The van der Waals surface area contributed by atoms with E-state index in [4.69, 9.17) is 9.47 Å². The average Bonchev–Trinajstić information content (AvgIpc) is 2.51. The number of hydrogen-bond donors (Lipinski definition) is 2. The summed E-state index contributed by atoms with van der Waals surface area (Å²) in [6.45, 7) is 3.56. The lowest BCUT2D eigenvalue weighted by Crippen LogP contribution is -2.11. The summed E-state index contributed by atoms with van der Waals surface area (Å²) < 4.78 is 10.5. The molecule has 0 aliphatic rings. The zero-order valence-electron chi connectivity index (χ0n) is 12.9. The highest BCUT2D eigenvalue weighted by Crippen LogP contribution is 2.25. The third-order valence-electron chi connectivity index (χ3n) is 3.00. The summed E-state index contributed by atoms with van der Waals surface area (Å²) in [5.41, 5.74) is 4.61. The number of nitrogens with one attached hydrogen (secondary N) is 2. The highest BCUT2D eigenvalue weighted by Gasteiger charge is 2.08. The number of rotatable bonds is 5. The molecule has 7 heteroatoms.